The Morgan fingerprint density at radius 1 is 1.33 bits per heavy atom. The van der Waals surface area contributed by atoms with Gasteiger partial charge >= 0.3 is 0 Å². The lowest BCUT2D eigenvalue weighted by atomic mass is 9.70. The van der Waals surface area contributed by atoms with Gasteiger partial charge in [-0.05, 0) is 31.0 Å². The minimum absolute atomic E-state index is 0.0841. The molecule has 1 aromatic carbocycles. The van der Waals surface area contributed by atoms with Crippen molar-refractivity contribution in [2.75, 3.05) is 13.2 Å². The number of hydrogen-bond acceptors (Lipinski definition) is 3. The summed E-state index contributed by atoms with van der Waals surface area (Å²) in [5.41, 5.74) is 7.51. The van der Waals surface area contributed by atoms with Crippen LogP contribution in [0.2, 0.25) is 0 Å². The Bertz CT molecular complexity index is 444. The molecular weight excluding hydrogens is 224 g/mol. The molecule has 3 heteroatoms. The Morgan fingerprint density at radius 3 is 2.56 bits per heavy atom. The number of nitriles is 1. The van der Waals surface area contributed by atoms with Gasteiger partial charge in [-0.3, -0.25) is 0 Å². The quantitative estimate of drug-likeness (QED) is 0.852. The molecule has 1 aromatic rings. The van der Waals surface area contributed by atoms with Crippen molar-refractivity contribution in [3.63, 3.8) is 0 Å². The second-order valence-corrected chi connectivity index (χ2v) is 5.21. The molecule has 1 saturated carbocycles. The van der Waals surface area contributed by atoms with Crippen LogP contribution in [-0.2, 0) is 0 Å². The Kier molecular flexibility index (Phi) is 4.00. The van der Waals surface area contributed by atoms with Crippen molar-refractivity contribution in [3.8, 4) is 6.07 Å². The van der Waals surface area contributed by atoms with Crippen LogP contribution < -0.4 is 5.73 Å². The summed E-state index contributed by atoms with van der Waals surface area (Å²) in [6.45, 7) is 0.647. The minimum Gasteiger partial charge on any atom is -0.396 e. The molecule has 0 amide bonds. The van der Waals surface area contributed by atoms with Crippen LogP contribution in [-0.4, -0.2) is 18.3 Å². The lowest BCUT2D eigenvalue weighted by Gasteiger charge is -2.36. The highest BCUT2D eigenvalue weighted by Gasteiger charge is 2.41. The fourth-order valence-corrected chi connectivity index (χ4v) is 3.31. The molecule has 0 aromatic heterocycles. The first-order valence-corrected chi connectivity index (χ1v) is 6.57. The molecule has 0 unspecified atom stereocenters. The highest BCUT2D eigenvalue weighted by atomic mass is 16.3. The molecule has 0 heterocycles. The van der Waals surface area contributed by atoms with Gasteiger partial charge in [0.15, 0.2) is 0 Å². The van der Waals surface area contributed by atoms with Crippen LogP contribution in [0.3, 0.4) is 0 Å². The maximum absolute atomic E-state index is 9.80. The van der Waals surface area contributed by atoms with Crippen molar-refractivity contribution in [1.82, 2.24) is 0 Å². The Hall–Kier alpha value is -1.37. The van der Waals surface area contributed by atoms with Crippen molar-refractivity contribution >= 4 is 0 Å². The Labute approximate surface area is 108 Å². The highest BCUT2D eigenvalue weighted by molar-refractivity contribution is 5.41. The largest absolute Gasteiger partial charge is 0.396 e. The van der Waals surface area contributed by atoms with Gasteiger partial charge in [-0.2, -0.15) is 5.26 Å². The van der Waals surface area contributed by atoms with Gasteiger partial charge in [-0.1, -0.05) is 31.0 Å². The third-order valence-corrected chi connectivity index (χ3v) is 4.35. The Balaban J connectivity index is 2.42. The van der Waals surface area contributed by atoms with Gasteiger partial charge in [0.1, 0.15) is 0 Å². The monoisotopic (exact) mass is 244 g/mol. The van der Waals surface area contributed by atoms with Gasteiger partial charge in [0.05, 0.1) is 11.6 Å². The summed E-state index contributed by atoms with van der Waals surface area (Å²) in [4.78, 5) is 0. The molecule has 0 saturated heterocycles. The third-order valence-electron chi connectivity index (χ3n) is 4.35. The molecule has 2 rings (SSSR count). The van der Waals surface area contributed by atoms with Crippen LogP contribution >= 0.6 is 0 Å². The summed E-state index contributed by atoms with van der Waals surface area (Å²) < 4.78 is 0. The predicted octanol–water partition coefficient (Wildman–Crippen LogP) is 2.15. The van der Waals surface area contributed by atoms with Crippen molar-refractivity contribution < 1.29 is 5.11 Å². The second kappa shape index (κ2) is 5.51. The summed E-state index contributed by atoms with van der Waals surface area (Å²) in [5.74, 6) is 0.0841. The number of hydrogen-bond donors (Lipinski definition) is 2. The molecule has 96 valence electrons. The normalized spacial score (nSPS) is 19.4. The predicted molar refractivity (Wildman–Crippen MR) is 70.9 cm³/mol. The van der Waals surface area contributed by atoms with Gasteiger partial charge < -0.3 is 10.8 Å². The topological polar surface area (TPSA) is 70.0 Å². The van der Waals surface area contributed by atoms with E-state index in [0.717, 1.165) is 31.2 Å². The van der Waals surface area contributed by atoms with E-state index < -0.39 is 0 Å². The number of aliphatic hydroxyl groups is 1. The van der Waals surface area contributed by atoms with Crippen molar-refractivity contribution in [2.24, 2.45) is 11.1 Å². The van der Waals surface area contributed by atoms with Gasteiger partial charge in [-0.25, -0.2) is 0 Å². The molecule has 0 radical (unpaired) electrons. The molecule has 1 aliphatic rings. The SMILES string of the molecule is N#Cc1ccccc1[C@@H](CN)C1(CO)CCCC1. The van der Waals surface area contributed by atoms with E-state index in [4.69, 9.17) is 5.73 Å². The number of benzene rings is 1. The summed E-state index contributed by atoms with van der Waals surface area (Å²) in [6.07, 6.45) is 4.30. The average molecular weight is 244 g/mol. The first kappa shape index (κ1) is 13.1. The first-order valence-electron chi connectivity index (χ1n) is 6.57. The number of nitrogens with zero attached hydrogens (tertiary/aromatic N) is 1. The molecule has 3 nitrogen and oxygen atoms in total. The van der Waals surface area contributed by atoms with Crippen LogP contribution in [0.4, 0.5) is 0 Å². The number of rotatable bonds is 4. The Morgan fingerprint density at radius 2 is 2.00 bits per heavy atom. The maximum Gasteiger partial charge on any atom is 0.0994 e. The van der Waals surface area contributed by atoms with E-state index in [-0.39, 0.29) is 17.9 Å². The fraction of sp³-hybridized carbons (Fsp3) is 0.533. The molecule has 1 aliphatic carbocycles. The van der Waals surface area contributed by atoms with Crippen LogP contribution in [0.5, 0.6) is 0 Å². The molecule has 1 fully saturated rings. The fourth-order valence-electron chi connectivity index (χ4n) is 3.31. The molecular formula is C15H20N2O. The smallest absolute Gasteiger partial charge is 0.0994 e. The van der Waals surface area contributed by atoms with Crippen LogP contribution in [0.15, 0.2) is 24.3 Å². The van der Waals surface area contributed by atoms with E-state index in [1.807, 2.05) is 24.3 Å². The van der Waals surface area contributed by atoms with E-state index in [9.17, 15) is 10.4 Å². The van der Waals surface area contributed by atoms with Crippen LogP contribution in [0, 0.1) is 16.7 Å². The summed E-state index contributed by atoms with van der Waals surface area (Å²) >= 11 is 0. The van der Waals surface area contributed by atoms with E-state index in [2.05, 4.69) is 6.07 Å². The zero-order valence-electron chi connectivity index (χ0n) is 10.6. The number of aliphatic hydroxyl groups excluding tert-OH is 1. The van der Waals surface area contributed by atoms with E-state index >= 15 is 0 Å². The lowest BCUT2D eigenvalue weighted by Crippen LogP contribution is -2.35. The van der Waals surface area contributed by atoms with E-state index in [1.165, 1.54) is 0 Å². The molecule has 0 aliphatic heterocycles. The third kappa shape index (κ3) is 2.14. The molecule has 3 N–H and O–H groups in total. The minimum atomic E-state index is -0.123. The van der Waals surface area contributed by atoms with E-state index in [0.29, 0.717) is 12.1 Å². The van der Waals surface area contributed by atoms with Gasteiger partial charge in [-0.15, -0.1) is 0 Å². The molecule has 18 heavy (non-hydrogen) atoms. The maximum atomic E-state index is 9.80. The summed E-state index contributed by atoms with van der Waals surface area (Å²) in [7, 11) is 0. The molecule has 0 spiro atoms. The van der Waals surface area contributed by atoms with Gasteiger partial charge in [0.25, 0.3) is 0 Å². The van der Waals surface area contributed by atoms with Crippen LogP contribution in [0.1, 0.15) is 42.7 Å². The van der Waals surface area contributed by atoms with Crippen molar-refractivity contribution in [2.45, 2.75) is 31.6 Å². The van der Waals surface area contributed by atoms with Gasteiger partial charge in [0.2, 0.25) is 0 Å². The summed E-state index contributed by atoms with van der Waals surface area (Å²) in [5, 5.41) is 19.0. The summed E-state index contributed by atoms with van der Waals surface area (Å²) in [6, 6.07) is 9.86. The van der Waals surface area contributed by atoms with Gasteiger partial charge in [0, 0.05) is 17.9 Å². The molecule has 0 bridgehead atoms. The highest BCUT2D eigenvalue weighted by Crippen LogP contribution is 2.48. The number of nitrogens with two attached hydrogens (primary N) is 1. The van der Waals surface area contributed by atoms with Crippen molar-refractivity contribution in [1.29, 1.82) is 5.26 Å². The standard InChI is InChI=1S/C15H20N2O/c16-9-12-5-1-2-6-13(12)14(10-17)15(11-18)7-3-4-8-15/h1-2,5-6,14,18H,3-4,7-8,10-11,17H2/t14-/m1/s1. The average Bonchev–Trinajstić information content (AvgIpc) is 2.90. The van der Waals surface area contributed by atoms with Crippen molar-refractivity contribution in [3.05, 3.63) is 35.4 Å². The van der Waals surface area contributed by atoms with Crippen LogP contribution in [0.25, 0.3) is 0 Å². The molecule has 1 atom stereocenters. The first-order chi connectivity index (χ1) is 8.77. The lowest BCUT2D eigenvalue weighted by molar-refractivity contribution is 0.102. The second-order valence-electron chi connectivity index (χ2n) is 5.21. The van der Waals surface area contributed by atoms with E-state index in [1.54, 1.807) is 0 Å². The zero-order valence-corrected chi connectivity index (χ0v) is 10.6. The zero-order chi connectivity index (χ0) is 13.0.